The minimum absolute atomic E-state index is 0.272. The first-order chi connectivity index (χ1) is 11.5. The lowest BCUT2D eigenvalue weighted by atomic mass is 10.2. The fourth-order valence-corrected chi connectivity index (χ4v) is 4.82. The van der Waals surface area contributed by atoms with E-state index >= 15 is 0 Å². The molecule has 0 bridgehead atoms. The normalized spacial score (nSPS) is 22.7. The van der Waals surface area contributed by atoms with Crippen LogP contribution >= 0.6 is 23.1 Å². The van der Waals surface area contributed by atoms with Crippen LogP contribution in [0.1, 0.15) is 23.3 Å². The third-order valence-electron chi connectivity index (χ3n) is 4.07. The second-order valence-corrected chi connectivity index (χ2v) is 8.05. The molecule has 0 amide bonds. The Morgan fingerprint density at radius 3 is 2.88 bits per heavy atom. The van der Waals surface area contributed by atoms with Crippen LogP contribution in [0.15, 0.2) is 23.2 Å². The molecule has 126 valence electrons. The fraction of sp³-hybridized carbons (Fsp3) is 0.333. The standard InChI is InChI=1S/C15H15F2N5S2/c16-9-3-1-2-7(10(9)17)6-23-15(8-4-5-8)21-12(18)11-13(22-15)20-14(19)24-11/h1-3,8,22H,4-6H2,(H2,18,21)(H2,19,20). The lowest BCUT2D eigenvalue weighted by molar-refractivity contribution is 0.502. The van der Waals surface area contributed by atoms with Crippen LogP contribution < -0.4 is 16.8 Å². The highest BCUT2D eigenvalue weighted by Gasteiger charge is 2.49. The van der Waals surface area contributed by atoms with Gasteiger partial charge in [-0.1, -0.05) is 23.5 Å². The SMILES string of the molecule is NC1=NC(SCc2cccc(F)c2F)(C2CC2)Nc2nc(N)sc21. The summed E-state index contributed by atoms with van der Waals surface area (Å²) in [4.78, 5) is 8.92. The minimum Gasteiger partial charge on any atom is -0.383 e. The summed E-state index contributed by atoms with van der Waals surface area (Å²) < 4.78 is 27.3. The van der Waals surface area contributed by atoms with E-state index in [-0.39, 0.29) is 11.7 Å². The lowest BCUT2D eigenvalue weighted by Crippen LogP contribution is -2.41. The fourth-order valence-electron chi connectivity index (χ4n) is 2.72. The van der Waals surface area contributed by atoms with Gasteiger partial charge in [0.25, 0.3) is 0 Å². The van der Waals surface area contributed by atoms with Gasteiger partial charge >= 0.3 is 0 Å². The zero-order chi connectivity index (χ0) is 16.9. The van der Waals surface area contributed by atoms with E-state index in [1.165, 1.54) is 29.2 Å². The summed E-state index contributed by atoms with van der Waals surface area (Å²) in [6.07, 6.45) is 1.99. The van der Waals surface area contributed by atoms with Crippen LogP contribution in [0.25, 0.3) is 0 Å². The van der Waals surface area contributed by atoms with Gasteiger partial charge in [0.05, 0.1) is 0 Å². The first kappa shape index (κ1) is 15.6. The number of amidine groups is 1. The predicted molar refractivity (Wildman–Crippen MR) is 94.0 cm³/mol. The molecular weight excluding hydrogens is 352 g/mol. The molecule has 1 fully saturated rings. The van der Waals surface area contributed by atoms with Crippen LogP contribution in [0.4, 0.5) is 19.7 Å². The lowest BCUT2D eigenvalue weighted by Gasteiger charge is -2.34. The molecule has 1 aliphatic carbocycles. The largest absolute Gasteiger partial charge is 0.383 e. The summed E-state index contributed by atoms with van der Waals surface area (Å²) in [5.41, 5.74) is 12.2. The molecule has 1 saturated carbocycles. The maximum atomic E-state index is 13.9. The molecule has 0 spiro atoms. The number of aliphatic imine (C=N–C) groups is 1. The van der Waals surface area contributed by atoms with E-state index in [9.17, 15) is 8.78 Å². The molecule has 2 heterocycles. The number of aromatic nitrogens is 1. The van der Waals surface area contributed by atoms with Gasteiger partial charge in [-0.25, -0.2) is 18.8 Å². The van der Waals surface area contributed by atoms with Crippen LogP contribution in [0.5, 0.6) is 0 Å². The third kappa shape index (κ3) is 2.61. The number of anilines is 2. The number of hydrogen-bond acceptors (Lipinski definition) is 7. The molecule has 2 aliphatic rings. The summed E-state index contributed by atoms with van der Waals surface area (Å²) in [6, 6.07) is 4.19. The van der Waals surface area contributed by atoms with Gasteiger partial charge in [-0.15, -0.1) is 11.8 Å². The van der Waals surface area contributed by atoms with Crippen molar-refractivity contribution in [2.75, 3.05) is 11.1 Å². The van der Waals surface area contributed by atoms with Crippen molar-refractivity contribution >= 4 is 39.9 Å². The van der Waals surface area contributed by atoms with Crippen molar-refractivity contribution in [2.24, 2.45) is 16.6 Å². The topological polar surface area (TPSA) is 89.3 Å². The van der Waals surface area contributed by atoms with E-state index in [1.807, 2.05) is 0 Å². The molecule has 1 atom stereocenters. The highest BCUT2D eigenvalue weighted by atomic mass is 32.2. The minimum atomic E-state index is -0.845. The van der Waals surface area contributed by atoms with Crippen molar-refractivity contribution in [3.63, 3.8) is 0 Å². The van der Waals surface area contributed by atoms with Crippen LogP contribution in [0.2, 0.25) is 0 Å². The van der Waals surface area contributed by atoms with Crippen molar-refractivity contribution in [1.29, 1.82) is 0 Å². The first-order valence-corrected chi connectivity index (χ1v) is 9.26. The summed E-state index contributed by atoms with van der Waals surface area (Å²) in [5.74, 6) is -0.112. The molecule has 4 rings (SSSR count). The van der Waals surface area contributed by atoms with E-state index in [0.717, 1.165) is 23.8 Å². The monoisotopic (exact) mass is 367 g/mol. The van der Waals surface area contributed by atoms with Crippen LogP contribution in [-0.4, -0.2) is 15.8 Å². The number of thioether (sulfide) groups is 1. The molecule has 2 aromatic rings. The number of nitrogens with two attached hydrogens (primary N) is 2. The van der Waals surface area contributed by atoms with Crippen molar-refractivity contribution in [3.8, 4) is 0 Å². The molecule has 9 heteroatoms. The molecule has 1 unspecified atom stereocenters. The average molecular weight is 367 g/mol. The molecule has 5 N–H and O–H groups in total. The molecule has 24 heavy (non-hydrogen) atoms. The van der Waals surface area contributed by atoms with E-state index in [1.54, 1.807) is 6.07 Å². The number of benzene rings is 1. The Balaban J connectivity index is 1.63. The van der Waals surface area contributed by atoms with Gasteiger partial charge in [-0.3, -0.25) is 0 Å². The number of fused-ring (bicyclic) bond motifs is 1. The van der Waals surface area contributed by atoms with Gasteiger partial charge in [-0.05, 0) is 18.9 Å². The molecule has 0 radical (unpaired) electrons. The Hall–Kier alpha value is -1.87. The van der Waals surface area contributed by atoms with E-state index in [4.69, 9.17) is 11.5 Å². The quantitative estimate of drug-likeness (QED) is 0.772. The molecule has 1 aromatic heterocycles. The number of halogens is 2. The highest BCUT2D eigenvalue weighted by Crippen LogP contribution is 2.52. The van der Waals surface area contributed by atoms with Gasteiger partial charge in [-0.2, -0.15) is 0 Å². The first-order valence-electron chi connectivity index (χ1n) is 7.45. The number of nitrogens with zero attached hydrogens (tertiary/aromatic N) is 2. The predicted octanol–water partition coefficient (Wildman–Crippen LogP) is 3.13. The van der Waals surface area contributed by atoms with Crippen molar-refractivity contribution in [1.82, 2.24) is 4.98 Å². The maximum Gasteiger partial charge on any atom is 0.184 e. The van der Waals surface area contributed by atoms with Gasteiger partial charge in [0.15, 0.2) is 27.6 Å². The molecular formula is C15H15F2N5S2. The Labute approximate surface area is 145 Å². The molecule has 0 saturated heterocycles. The molecule has 5 nitrogen and oxygen atoms in total. The van der Waals surface area contributed by atoms with Gasteiger partial charge in [0.2, 0.25) is 0 Å². The second-order valence-electron chi connectivity index (χ2n) is 5.82. The average Bonchev–Trinajstić information content (AvgIpc) is 3.32. The summed E-state index contributed by atoms with van der Waals surface area (Å²) >= 11 is 2.69. The molecule has 1 aromatic carbocycles. The third-order valence-corrected chi connectivity index (χ3v) is 6.40. The Morgan fingerprint density at radius 1 is 1.33 bits per heavy atom. The Kier molecular flexibility index (Phi) is 3.65. The van der Waals surface area contributed by atoms with Crippen LogP contribution in [0.3, 0.4) is 0 Å². The van der Waals surface area contributed by atoms with E-state index in [0.29, 0.717) is 22.3 Å². The molecule has 1 aliphatic heterocycles. The van der Waals surface area contributed by atoms with Crippen molar-refractivity contribution < 1.29 is 8.78 Å². The summed E-state index contributed by atoms with van der Waals surface area (Å²) in [7, 11) is 0. The van der Waals surface area contributed by atoms with Crippen LogP contribution in [0, 0.1) is 17.6 Å². The Bertz CT molecular complexity index is 833. The van der Waals surface area contributed by atoms with Crippen molar-refractivity contribution in [3.05, 3.63) is 40.3 Å². The highest BCUT2D eigenvalue weighted by molar-refractivity contribution is 8.00. The second kappa shape index (κ2) is 5.59. The smallest absolute Gasteiger partial charge is 0.184 e. The number of rotatable bonds is 4. The number of nitrogens with one attached hydrogen (secondary N) is 1. The summed E-state index contributed by atoms with van der Waals surface area (Å²) in [6.45, 7) is 0. The van der Waals surface area contributed by atoms with E-state index in [2.05, 4.69) is 15.3 Å². The summed E-state index contributed by atoms with van der Waals surface area (Å²) in [5, 5.41) is 3.74. The van der Waals surface area contributed by atoms with E-state index < -0.39 is 16.6 Å². The Morgan fingerprint density at radius 2 is 2.12 bits per heavy atom. The number of nitrogen functional groups attached to an aromatic ring is 1. The van der Waals surface area contributed by atoms with Gasteiger partial charge < -0.3 is 16.8 Å². The number of thiazole rings is 1. The zero-order valence-corrected chi connectivity index (χ0v) is 14.2. The van der Waals surface area contributed by atoms with Crippen molar-refractivity contribution in [2.45, 2.75) is 23.6 Å². The van der Waals surface area contributed by atoms with Gasteiger partial charge in [0, 0.05) is 17.2 Å². The maximum absolute atomic E-state index is 13.9. The number of hydrogen-bond donors (Lipinski definition) is 3. The zero-order valence-electron chi connectivity index (χ0n) is 12.6. The van der Waals surface area contributed by atoms with Crippen LogP contribution in [-0.2, 0) is 5.75 Å². The van der Waals surface area contributed by atoms with Gasteiger partial charge in [0.1, 0.15) is 10.7 Å².